The van der Waals surface area contributed by atoms with Crippen LogP contribution in [0.5, 0.6) is 0 Å². The lowest BCUT2D eigenvalue weighted by Crippen LogP contribution is -2.01. The standard InChI is InChI=1S/C13H17BrClN/c1-2-3-4-5-6-10-16-12-9-7-8-11(15)13(12)14/h2,7-9,16H,1,3-6,10H2. The Morgan fingerprint density at radius 2 is 2.12 bits per heavy atom. The SMILES string of the molecule is C=CCCCCCNc1cccc(Cl)c1Br. The van der Waals surface area contributed by atoms with E-state index in [1.165, 1.54) is 19.3 Å². The van der Waals surface area contributed by atoms with Crippen LogP contribution in [0.25, 0.3) is 0 Å². The first-order valence-corrected chi connectivity index (χ1v) is 6.71. The summed E-state index contributed by atoms with van der Waals surface area (Å²) in [6, 6.07) is 5.85. The van der Waals surface area contributed by atoms with E-state index in [-0.39, 0.29) is 0 Å². The molecule has 0 aromatic heterocycles. The molecule has 0 bridgehead atoms. The maximum absolute atomic E-state index is 6.00. The molecule has 0 amide bonds. The van der Waals surface area contributed by atoms with Crippen molar-refractivity contribution in [3.8, 4) is 0 Å². The van der Waals surface area contributed by atoms with E-state index >= 15 is 0 Å². The van der Waals surface area contributed by atoms with Gasteiger partial charge in [-0.25, -0.2) is 0 Å². The van der Waals surface area contributed by atoms with Crippen LogP contribution in [0.1, 0.15) is 25.7 Å². The average Bonchev–Trinajstić information content (AvgIpc) is 2.29. The topological polar surface area (TPSA) is 12.0 Å². The maximum atomic E-state index is 6.00. The Morgan fingerprint density at radius 1 is 1.31 bits per heavy atom. The first-order chi connectivity index (χ1) is 7.75. The van der Waals surface area contributed by atoms with Crippen LogP contribution in [-0.4, -0.2) is 6.54 Å². The monoisotopic (exact) mass is 301 g/mol. The molecule has 0 atom stereocenters. The van der Waals surface area contributed by atoms with Gasteiger partial charge in [-0.05, 0) is 47.3 Å². The zero-order valence-electron chi connectivity index (χ0n) is 9.31. The summed E-state index contributed by atoms with van der Waals surface area (Å²) in [4.78, 5) is 0. The second-order valence-electron chi connectivity index (χ2n) is 3.67. The number of rotatable bonds is 7. The number of unbranched alkanes of at least 4 members (excludes halogenated alkanes) is 3. The number of halogens is 2. The van der Waals surface area contributed by atoms with E-state index in [0.717, 1.165) is 28.1 Å². The minimum atomic E-state index is 0.747. The van der Waals surface area contributed by atoms with Gasteiger partial charge >= 0.3 is 0 Å². The first-order valence-electron chi connectivity index (χ1n) is 5.54. The average molecular weight is 303 g/mol. The van der Waals surface area contributed by atoms with Gasteiger partial charge in [0.05, 0.1) is 9.50 Å². The second-order valence-corrected chi connectivity index (χ2v) is 4.87. The quantitative estimate of drug-likeness (QED) is 0.535. The molecule has 0 heterocycles. The minimum Gasteiger partial charge on any atom is -0.384 e. The van der Waals surface area contributed by atoms with Gasteiger partial charge in [0.15, 0.2) is 0 Å². The maximum Gasteiger partial charge on any atom is 0.0593 e. The lowest BCUT2D eigenvalue weighted by Gasteiger charge is -2.09. The molecule has 0 aliphatic carbocycles. The molecule has 0 aliphatic rings. The predicted octanol–water partition coefficient (Wildman–Crippen LogP) is 5.26. The van der Waals surface area contributed by atoms with Crippen molar-refractivity contribution in [1.29, 1.82) is 0 Å². The molecule has 0 spiro atoms. The van der Waals surface area contributed by atoms with Gasteiger partial charge in [-0.3, -0.25) is 0 Å². The molecule has 0 fully saturated rings. The predicted molar refractivity (Wildman–Crippen MR) is 76.3 cm³/mol. The van der Waals surface area contributed by atoms with Gasteiger partial charge in [0.2, 0.25) is 0 Å². The van der Waals surface area contributed by atoms with Gasteiger partial charge in [-0.2, -0.15) is 0 Å². The smallest absolute Gasteiger partial charge is 0.0593 e. The van der Waals surface area contributed by atoms with Crippen LogP contribution in [0, 0.1) is 0 Å². The minimum absolute atomic E-state index is 0.747. The van der Waals surface area contributed by atoms with Gasteiger partial charge in [-0.1, -0.05) is 30.2 Å². The van der Waals surface area contributed by atoms with Crippen LogP contribution in [-0.2, 0) is 0 Å². The fourth-order valence-electron chi connectivity index (χ4n) is 1.45. The summed E-state index contributed by atoms with van der Waals surface area (Å²) in [5.41, 5.74) is 1.07. The summed E-state index contributed by atoms with van der Waals surface area (Å²) >= 11 is 9.46. The summed E-state index contributed by atoms with van der Waals surface area (Å²) < 4.78 is 0.947. The molecule has 0 saturated heterocycles. The fourth-order valence-corrected chi connectivity index (χ4v) is 2.03. The zero-order chi connectivity index (χ0) is 11.8. The van der Waals surface area contributed by atoms with Gasteiger partial charge in [0, 0.05) is 12.2 Å². The molecule has 1 nitrogen and oxygen atoms in total. The molecule has 1 N–H and O–H groups in total. The van der Waals surface area contributed by atoms with E-state index in [2.05, 4.69) is 27.8 Å². The van der Waals surface area contributed by atoms with Gasteiger partial charge in [-0.15, -0.1) is 6.58 Å². The largest absolute Gasteiger partial charge is 0.384 e. The first kappa shape index (κ1) is 13.6. The van der Waals surface area contributed by atoms with Crippen LogP contribution in [0.4, 0.5) is 5.69 Å². The number of hydrogen-bond acceptors (Lipinski definition) is 1. The molecule has 88 valence electrons. The zero-order valence-corrected chi connectivity index (χ0v) is 11.6. The van der Waals surface area contributed by atoms with Gasteiger partial charge < -0.3 is 5.32 Å². The van der Waals surface area contributed by atoms with Crippen molar-refractivity contribution >= 4 is 33.2 Å². The van der Waals surface area contributed by atoms with Gasteiger partial charge in [0.25, 0.3) is 0 Å². The van der Waals surface area contributed by atoms with Gasteiger partial charge in [0.1, 0.15) is 0 Å². The fraction of sp³-hybridized carbons (Fsp3) is 0.385. The molecule has 1 aromatic rings. The Labute approximate surface area is 111 Å². The Hall–Kier alpha value is -0.470. The number of hydrogen-bond donors (Lipinski definition) is 1. The molecule has 0 unspecified atom stereocenters. The molecule has 0 aliphatic heterocycles. The molecular weight excluding hydrogens is 286 g/mol. The van der Waals surface area contributed by atoms with E-state index in [9.17, 15) is 0 Å². The van der Waals surface area contributed by atoms with Crippen molar-refractivity contribution in [1.82, 2.24) is 0 Å². The van der Waals surface area contributed by atoms with Crippen LogP contribution < -0.4 is 5.32 Å². The molecular formula is C13H17BrClN. The third-order valence-electron chi connectivity index (χ3n) is 2.35. The highest BCUT2D eigenvalue weighted by Crippen LogP contribution is 2.29. The highest BCUT2D eigenvalue weighted by atomic mass is 79.9. The molecule has 16 heavy (non-hydrogen) atoms. The Bertz CT molecular complexity index is 339. The molecule has 0 saturated carbocycles. The van der Waals surface area contributed by atoms with E-state index < -0.39 is 0 Å². The van der Waals surface area contributed by atoms with Crippen LogP contribution in [0.3, 0.4) is 0 Å². The Morgan fingerprint density at radius 3 is 2.88 bits per heavy atom. The summed E-state index contributed by atoms with van der Waals surface area (Å²) in [7, 11) is 0. The van der Waals surface area contributed by atoms with Crippen molar-refractivity contribution in [2.24, 2.45) is 0 Å². The third-order valence-corrected chi connectivity index (χ3v) is 3.75. The molecule has 1 aromatic carbocycles. The van der Waals surface area contributed by atoms with Crippen molar-refractivity contribution in [2.75, 3.05) is 11.9 Å². The van der Waals surface area contributed by atoms with Crippen LogP contribution in [0.2, 0.25) is 5.02 Å². The van der Waals surface area contributed by atoms with E-state index in [1.807, 2.05) is 24.3 Å². The van der Waals surface area contributed by atoms with Crippen LogP contribution >= 0.6 is 27.5 Å². The second kappa shape index (κ2) is 7.75. The lowest BCUT2D eigenvalue weighted by atomic mass is 10.2. The molecule has 0 radical (unpaired) electrons. The summed E-state index contributed by atoms with van der Waals surface area (Å²) in [5, 5.41) is 4.12. The normalized spacial score (nSPS) is 10.1. The molecule has 1 rings (SSSR count). The number of allylic oxidation sites excluding steroid dienone is 1. The lowest BCUT2D eigenvalue weighted by molar-refractivity contribution is 0.708. The third kappa shape index (κ3) is 4.58. The summed E-state index contributed by atoms with van der Waals surface area (Å²) in [6.45, 7) is 4.69. The number of anilines is 1. The highest BCUT2D eigenvalue weighted by Gasteiger charge is 2.01. The number of benzene rings is 1. The van der Waals surface area contributed by atoms with E-state index in [1.54, 1.807) is 0 Å². The van der Waals surface area contributed by atoms with Crippen molar-refractivity contribution in [2.45, 2.75) is 25.7 Å². The Kier molecular flexibility index (Phi) is 6.58. The van der Waals surface area contributed by atoms with E-state index in [0.29, 0.717) is 0 Å². The van der Waals surface area contributed by atoms with Crippen LogP contribution in [0.15, 0.2) is 35.3 Å². The molecule has 3 heteroatoms. The van der Waals surface area contributed by atoms with Crippen molar-refractivity contribution < 1.29 is 0 Å². The summed E-state index contributed by atoms with van der Waals surface area (Å²) in [6.07, 6.45) is 6.72. The van der Waals surface area contributed by atoms with E-state index in [4.69, 9.17) is 11.6 Å². The van der Waals surface area contributed by atoms with Crippen molar-refractivity contribution in [3.05, 3.63) is 40.3 Å². The summed E-state index contributed by atoms with van der Waals surface area (Å²) in [5.74, 6) is 0. The number of nitrogens with one attached hydrogen (secondary N) is 1. The van der Waals surface area contributed by atoms with Crippen molar-refractivity contribution in [3.63, 3.8) is 0 Å². The highest BCUT2D eigenvalue weighted by molar-refractivity contribution is 9.10. The Balaban J connectivity index is 2.26.